The van der Waals surface area contributed by atoms with Crippen molar-refractivity contribution in [1.29, 1.82) is 0 Å². The zero-order chi connectivity index (χ0) is 15.8. The lowest BCUT2D eigenvalue weighted by molar-refractivity contribution is -0.137. The summed E-state index contributed by atoms with van der Waals surface area (Å²) < 4.78 is 11.1. The van der Waals surface area contributed by atoms with Gasteiger partial charge in [-0.25, -0.2) is 0 Å². The number of carbonyl (C=O) groups is 1. The highest BCUT2D eigenvalue weighted by atomic mass is 16.5. The Kier molecular flexibility index (Phi) is 7.02. The van der Waals surface area contributed by atoms with E-state index >= 15 is 0 Å². The van der Waals surface area contributed by atoms with E-state index in [1.807, 2.05) is 32.0 Å². The summed E-state index contributed by atoms with van der Waals surface area (Å²) in [6.07, 6.45) is 0.240. The topological polar surface area (TPSA) is 64.8 Å². The van der Waals surface area contributed by atoms with Gasteiger partial charge in [-0.15, -0.1) is 0 Å². The minimum atomic E-state index is -0.542. The first-order chi connectivity index (χ1) is 10.1. The second-order valence-electron chi connectivity index (χ2n) is 4.79. The molecule has 118 valence electrons. The van der Waals surface area contributed by atoms with E-state index in [9.17, 15) is 4.79 Å². The van der Waals surface area contributed by atoms with Gasteiger partial charge in [0, 0.05) is 13.1 Å². The largest absolute Gasteiger partial charge is 0.493 e. The van der Waals surface area contributed by atoms with Gasteiger partial charge in [0.05, 0.1) is 7.11 Å². The number of benzene rings is 1. The number of likely N-dealkylation sites (N-methyl/N-ethyl adjacent to an activating group) is 1. The molecule has 5 heteroatoms. The first-order valence-electron chi connectivity index (χ1n) is 7.39. The Morgan fingerprint density at radius 1 is 1.29 bits per heavy atom. The smallest absolute Gasteiger partial charge is 0.263 e. The molecular weight excluding hydrogens is 268 g/mol. The Bertz CT molecular complexity index is 459. The third kappa shape index (κ3) is 4.63. The van der Waals surface area contributed by atoms with Crippen LogP contribution in [0.1, 0.15) is 26.3 Å². The number of nitrogens with zero attached hydrogens (tertiary/aromatic N) is 1. The summed E-state index contributed by atoms with van der Waals surface area (Å²) >= 11 is 0. The van der Waals surface area contributed by atoms with Crippen LogP contribution in [0, 0.1) is 0 Å². The highest BCUT2D eigenvalue weighted by molar-refractivity contribution is 5.80. The van der Waals surface area contributed by atoms with Gasteiger partial charge in [0.2, 0.25) is 0 Å². The number of nitrogens with two attached hydrogens (primary N) is 1. The van der Waals surface area contributed by atoms with E-state index < -0.39 is 6.10 Å². The number of hydrogen-bond acceptors (Lipinski definition) is 4. The van der Waals surface area contributed by atoms with Gasteiger partial charge in [-0.05, 0) is 51.4 Å². The number of methoxy groups -OCH3 is 1. The summed E-state index contributed by atoms with van der Waals surface area (Å²) in [6.45, 7) is 7.60. The number of carbonyl (C=O) groups excluding carboxylic acids is 1. The van der Waals surface area contributed by atoms with Gasteiger partial charge in [-0.3, -0.25) is 4.79 Å². The van der Waals surface area contributed by atoms with Gasteiger partial charge >= 0.3 is 0 Å². The number of amides is 1. The molecule has 0 aliphatic carbocycles. The van der Waals surface area contributed by atoms with Crippen LogP contribution >= 0.6 is 0 Å². The summed E-state index contributed by atoms with van der Waals surface area (Å²) in [7, 11) is 1.59. The van der Waals surface area contributed by atoms with E-state index in [1.54, 1.807) is 18.9 Å². The molecule has 0 saturated carbocycles. The van der Waals surface area contributed by atoms with Crippen molar-refractivity contribution < 1.29 is 14.3 Å². The van der Waals surface area contributed by atoms with Crippen LogP contribution in [0.3, 0.4) is 0 Å². The maximum absolute atomic E-state index is 12.2. The molecule has 2 N–H and O–H groups in total. The van der Waals surface area contributed by atoms with Gasteiger partial charge in [0.25, 0.3) is 5.91 Å². The maximum atomic E-state index is 12.2. The zero-order valence-corrected chi connectivity index (χ0v) is 13.4. The van der Waals surface area contributed by atoms with E-state index in [1.165, 1.54) is 0 Å². The molecule has 0 saturated heterocycles. The predicted octanol–water partition coefficient (Wildman–Crippen LogP) is 1.83. The summed E-state index contributed by atoms with van der Waals surface area (Å²) in [5.74, 6) is 1.18. The SMILES string of the molecule is CCN(CC)C(=O)C(C)Oc1ccc(CCN)cc1OC. The van der Waals surface area contributed by atoms with Gasteiger partial charge in [-0.1, -0.05) is 6.07 Å². The van der Waals surface area contributed by atoms with Crippen molar-refractivity contribution in [2.45, 2.75) is 33.3 Å². The lowest BCUT2D eigenvalue weighted by atomic mass is 10.1. The van der Waals surface area contributed by atoms with Crippen LogP contribution in [0.5, 0.6) is 11.5 Å². The van der Waals surface area contributed by atoms with Gasteiger partial charge in [-0.2, -0.15) is 0 Å². The predicted molar refractivity (Wildman–Crippen MR) is 83.8 cm³/mol. The molecule has 1 unspecified atom stereocenters. The fourth-order valence-electron chi connectivity index (χ4n) is 2.16. The summed E-state index contributed by atoms with van der Waals surface area (Å²) in [5, 5.41) is 0. The monoisotopic (exact) mass is 294 g/mol. The van der Waals surface area contributed by atoms with Crippen molar-refractivity contribution in [3.05, 3.63) is 23.8 Å². The molecule has 0 heterocycles. The van der Waals surface area contributed by atoms with Crippen molar-refractivity contribution in [1.82, 2.24) is 4.90 Å². The van der Waals surface area contributed by atoms with Crippen LogP contribution in [0.25, 0.3) is 0 Å². The third-order valence-corrected chi connectivity index (χ3v) is 3.39. The fourth-order valence-corrected chi connectivity index (χ4v) is 2.16. The minimum Gasteiger partial charge on any atom is -0.493 e. The summed E-state index contributed by atoms with van der Waals surface area (Å²) in [6, 6.07) is 5.67. The third-order valence-electron chi connectivity index (χ3n) is 3.39. The Hall–Kier alpha value is -1.75. The van der Waals surface area contributed by atoms with Crippen molar-refractivity contribution in [2.24, 2.45) is 5.73 Å². The van der Waals surface area contributed by atoms with E-state index in [-0.39, 0.29) is 5.91 Å². The second-order valence-corrected chi connectivity index (χ2v) is 4.79. The van der Waals surface area contributed by atoms with Crippen molar-refractivity contribution >= 4 is 5.91 Å². The molecular formula is C16H26N2O3. The molecule has 0 bridgehead atoms. The molecule has 1 rings (SSSR count). The lowest BCUT2D eigenvalue weighted by Crippen LogP contribution is -2.40. The maximum Gasteiger partial charge on any atom is 0.263 e. The normalized spacial score (nSPS) is 11.9. The molecule has 0 aliphatic heterocycles. The van der Waals surface area contributed by atoms with Crippen molar-refractivity contribution in [2.75, 3.05) is 26.7 Å². The molecule has 1 atom stereocenters. The quantitative estimate of drug-likeness (QED) is 0.794. The Labute approximate surface area is 127 Å². The highest BCUT2D eigenvalue weighted by Crippen LogP contribution is 2.29. The standard InChI is InChI=1S/C16H26N2O3/c1-5-18(6-2)16(19)12(3)21-14-8-7-13(9-10-17)11-15(14)20-4/h7-8,11-12H,5-6,9-10,17H2,1-4H3. The second kappa shape index (κ2) is 8.52. The summed E-state index contributed by atoms with van der Waals surface area (Å²) in [4.78, 5) is 14.0. The van der Waals surface area contributed by atoms with E-state index in [2.05, 4.69) is 0 Å². The van der Waals surface area contributed by atoms with Crippen LogP contribution < -0.4 is 15.2 Å². The molecule has 5 nitrogen and oxygen atoms in total. The highest BCUT2D eigenvalue weighted by Gasteiger charge is 2.21. The molecule has 1 amide bonds. The Morgan fingerprint density at radius 2 is 1.95 bits per heavy atom. The van der Waals surface area contributed by atoms with Crippen LogP contribution in [-0.2, 0) is 11.2 Å². The van der Waals surface area contributed by atoms with Crippen molar-refractivity contribution in [3.63, 3.8) is 0 Å². The molecule has 0 radical (unpaired) electrons. The molecule has 1 aromatic carbocycles. The molecule has 1 aromatic rings. The fraction of sp³-hybridized carbons (Fsp3) is 0.562. The first-order valence-corrected chi connectivity index (χ1v) is 7.39. The van der Waals surface area contributed by atoms with E-state index in [4.69, 9.17) is 15.2 Å². The molecule has 0 spiro atoms. The number of ether oxygens (including phenoxy) is 2. The Balaban J connectivity index is 2.84. The molecule has 0 aromatic heterocycles. The zero-order valence-electron chi connectivity index (χ0n) is 13.4. The van der Waals surface area contributed by atoms with Crippen LogP contribution in [0.2, 0.25) is 0 Å². The average molecular weight is 294 g/mol. The van der Waals surface area contributed by atoms with Crippen molar-refractivity contribution in [3.8, 4) is 11.5 Å². The van der Waals surface area contributed by atoms with Crippen LogP contribution in [-0.4, -0.2) is 43.7 Å². The number of hydrogen-bond donors (Lipinski definition) is 1. The lowest BCUT2D eigenvalue weighted by Gasteiger charge is -2.24. The van der Waals surface area contributed by atoms with E-state index in [0.717, 1.165) is 12.0 Å². The van der Waals surface area contributed by atoms with Gasteiger partial charge in [0.15, 0.2) is 17.6 Å². The Morgan fingerprint density at radius 3 is 2.48 bits per heavy atom. The number of rotatable bonds is 8. The molecule has 0 aliphatic rings. The minimum absolute atomic E-state index is 0.0203. The van der Waals surface area contributed by atoms with Crippen LogP contribution in [0.4, 0.5) is 0 Å². The van der Waals surface area contributed by atoms with Gasteiger partial charge < -0.3 is 20.1 Å². The van der Waals surface area contributed by atoms with E-state index in [0.29, 0.717) is 31.1 Å². The summed E-state index contributed by atoms with van der Waals surface area (Å²) in [5.41, 5.74) is 6.64. The first kappa shape index (κ1) is 17.3. The van der Waals surface area contributed by atoms with Gasteiger partial charge in [0.1, 0.15) is 0 Å². The molecule has 0 fully saturated rings. The average Bonchev–Trinajstić information content (AvgIpc) is 2.50. The molecule has 21 heavy (non-hydrogen) atoms. The van der Waals surface area contributed by atoms with Crippen LogP contribution in [0.15, 0.2) is 18.2 Å².